The zero-order valence-electron chi connectivity index (χ0n) is 10.3. The minimum absolute atomic E-state index is 0.135. The Kier molecular flexibility index (Phi) is 4.89. The molecular weight excluding hydrogens is 208 g/mol. The Hall–Kier alpha value is -0.940. The van der Waals surface area contributed by atoms with Crippen LogP contribution in [0.3, 0.4) is 0 Å². The quantitative estimate of drug-likeness (QED) is 0.803. The van der Waals surface area contributed by atoms with Crippen molar-refractivity contribution in [2.75, 3.05) is 7.11 Å². The first kappa shape index (κ1) is 13.1. The van der Waals surface area contributed by atoms with E-state index >= 15 is 0 Å². The van der Waals surface area contributed by atoms with Gasteiger partial charge in [0.2, 0.25) is 11.7 Å². The van der Waals surface area contributed by atoms with E-state index in [1.165, 1.54) is 0 Å². The predicted octanol–water partition coefficient (Wildman–Crippen LogP) is 1.73. The average Bonchev–Trinajstić information content (AvgIpc) is 2.64. The maximum atomic E-state index is 9.15. The first-order chi connectivity index (χ1) is 7.54. The Morgan fingerprint density at radius 3 is 2.56 bits per heavy atom. The molecule has 1 rings (SSSR count). The van der Waals surface area contributed by atoms with Gasteiger partial charge in [0.15, 0.2) is 0 Å². The van der Waals surface area contributed by atoms with E-state index in [-0.39, 0.29) is 12.2 Å². The summed E-state index contributed by atoms with van der Waals surface area (Å²) >= 11 is 0. The molecule has 0 amide bonds. The minimum atomic E-state index is -0.348. The van der Waals surface area contributed by atoms with Crippen LogP contribution in [-0.2, 0) is 11.2 Å². The summed E-state index contributed by atoms with van der Waals surface area (Å²) in [5.41, 5.74) is 0. The predicted molar refractivity (Wildman–Crippen MR) is 58.9 cm³/mol. The molecular formula is C11H20N2O3. The lowest BCUT2D eigenvalue weighted by atomic mass is 10.1. The highest BCUT2D eigenvalue weighted by Gasteiger charge is 2.21. The molecule has 0 bridgehead atoms. The largest absolute Gasteiger partial charge is 0.393 e. The molecule has 0 aromatic carbocycles. The number of rotatable bonds is 6. The summed E-state index contributed by atoms with van der Waals surface area (Å²) in [7, 11) is 1.64. The number of hydrogen-bond donors (Lipinski definition) is 1. The third-order valence-corrected chi connectivity index (χ3v) is 2.37. The van der Waals surface area contributed by atoms with Crippen molar-refractivity contribution in [1.82, 2.24) is 10.1 Å². The van der Waals surface area contributed by atoms with Crippen molar-refractivity contribution in [1.29, 1.82) is 0 Å². The van der Waals surface area contributed by atoms with E-state index in [1.807, 2.05) is 13.8 Å². The summed E-state index contributed by atoms with van der Waals surface area (Å²) in [6, 6.07) is 0. The topological polar surface area (TPSA) is 68.4 Å². The van der Waals surface area contributed by atoms with E-state index in [9.17, 15) is 0 Å². The zero-order chi connectivity index (χ0) is 12.1. The summed E-state index contributed by atoms with van der Waals surface area (Å²) in [5, 5.41) is 13.0. The normalized spacial score (nSPS) is 15.4. The minimum Gasteiger partial charge on any atom is -0.393 e. The summed E-state index contributed by atoms with van der Waals surface area (Å²) in [6.45, 7) is 5.82. The van der Waals surface area contributed by atoms with Crippen molar-refractivity contribution in [2.24, 2.45) is 5.92 Å². The van der Waals surface area contributed by atoms with Crippen molar-refractivity contribution in [3.8, 4) is 0 Å². The molecule has 5 heteroatoms. The highest BCUT2D eigenvalue weighted by Crippen LogP contribution is 2.22. The highest BCUT2D eigenvalue weighted by atomic mass is 16.5. The van der Waals surface area contributed by atoms with Gasteiger partial charge >= 0.3 is 0 Å². The lowest BCUT2D eigenvalue weighted by Gasteiger charge is -2.14. The van der Waals surface area contributed by atoms with Crippen molar-refractivity contribution in [3.63, 3.8) is 0 Å². The summed E-state index contributed by atoms with van der Waals surface area (Å²) < 4.78 is 10.4. The lowest BCUT2D eigenvalue weighted by Crippen LogP contribution is -2.10. The molecule has 0 aliphatic rings. The van der Waals surface area contributed by atoms with Crippen LogP contribution in [0.25, 0.3) is 0 Å². The molecule has 1 aromatic rings. The Labute approximate surface area is 95.8 Å². The second-order valence-electron chi connectivity index (χ2n) is 4.33. The first-order valence-electron chi connectivity index (χ1n) is 5.58. The fourth-order valence-electron chi connectivity index (χ4n) is 1.49. The van der Waals surface area contributed by atoms with E-state index < -0.39 is 0 Å². The number of aliphatic hydroxyl groups is 1. The number of aliphatic hydroxyl groups excluding tert-OH is 1. The molecule has 2 unspecified atom stereocenters. The monoisotopic (exact) mass is 228 g/mol. The van der Waals surface area contributed by atoms with Crippen LogP contribution in [0.4, 0.5) is 0 Å². The molecule has 0 aliphatic carbocycles. The molecule has 0 aliphatic heterocycles. The molecule has 0 fully saturated rings. The maximum absolute atomic E-state index is 9.15. The third kappa shape index (κ3) is 3.57. The van der Waals surface area contributed by atoms with Crippen LogP contribution in [0.5, 0.6) is 0 Å². The molecule has 16 heavy (non-hydrogen) atoms. The number of aryl methyl sites for hydroxylation is 1. The molecule has 1 N–H and O–H groups in total. The number of nitrogens with zero attached hydrogens (tertiary/aromatic N) is 2. The van der Waals surface area contributed by atoms with Gasteiger partial charge in [0.05, 0.1) is 6.10 Å². The second-order valence-corrected chi connectivity index (χ2v) is 4.33. The SMILES string of the molecule is COC(c1noc(CCC(C)O)n1)C(C)C. The smallest absolute Gasteiger partial charge is 0.226 e. The van der Waals surface area contributed by atoms with Gasteiger partial charge in [0.1, 0.15) is 6.10 Å². The standard InChI is InChI=1S/C11H20N2O3/c1-7(2)10(15-4)11-12-9(16-13-11)6-5-8(3)14/h7-8,10,14H,5-6H2,1-4H3. The van der Waals surface area contributed by atoms with Gasteiger partial charge in [0, 0.05) is 13.5 Å². The van der Waals surface area contributed by atoms with Crippen molar-refractivity contribution in [3.05, 3.63) is 11.7 Å². The third-order valence-electron chi connectivity index (χ3n) is 2.37. The van der Waals surface area contributed by atoms with Crippen LogP contribution in [-0.4, -0.2) is 28.5 Å². The van der Waals surface area contributed by atoms with Gasteiger partial charge < -0.3 is 14.4 Å². The average molecular weight is 228 g/mol. The van der Waals surface area contributed by atoms with Gasteiger partial charge in [-0.1, -0.05) is 19.0 Å². The molecule has 0 saturated carbocycles. The molecule has 0 radical (unpaired) electrons. The van der Waals surface area contributed by atoms with Crippen LogP contribution in [0.15, 0.2) is 4.52 Å². The molecule has 92 valence electrons. The van der Waals surface area contributed by atoms with Gasteiger partial charge in [-0.3, -0.25) is 0 Å². The lowest BCUT2D eigenvalue weighted by molar-refractivity contribution is 0.0555. The summed E-state index contributed by atoms with van der Waals surface area (Å²) in [4.78, 5) is 4.26. The fourth-order valence-corrected chi connectivity index (χ4v) is 1.49. The molecule has 2 atom stereocenters. The van der Waals surface area contributed by atoms with Crippen molar-refractivity contribution in [2.45, 2.75) is 45.8 Å². The van der Waals surface area contributed by atoms with Gasteiger partial charge in [-0.25, -0.2) is 0 Å². The fraction of sp³-hybridized carbons (Fsp3) is 0.818. The van der Waals surface area contributed by atoms with Gasteiger partial charge in [-0.2, -0.15) is 4.98 Å². The molecule has 5 nitrogen and oxygen atoms in total. The van der Waals surface area contributed by atoms with Crippen molar-refractivity contribution >= 4 is 0 Å². The van der Waals surface area contributed by atoms with Crippen LogP contribution in [0, 0.1) is 5.92 Å². The Balaban J connectivity index is 2.62. The van der Waals surface area contributed by atoms with Crippen LogP contribution < -0.4 is 0 Å². The molecule has 0 spiro atoms. The van der Waals surface area contributed by atoms with Crippen LogP contribution in [0.1, 0.15) is 45.0 Å². The number of hydrogen-bond acceptors (Lipinski definition) is 5. The molecule has 1 aromatic heterocycles. The molecule has 1 heterocycles. The van der Waals surface area contributed by atoms with Crippen molar-refractivity contribution < 1.29 is 14.4 Å². The Morgan fingerprint density at radius 1 is 1.38 bits per heavy atom. The van der Waals surface area contributed by atoms with Gasteiger partial charge in [0.25, 0.3) is 0 Å². The van der Waals surface area contributed by atoms with Gasteiger partial charge in [-0.05, 0) is 19.3 Å². The number of aromatic nitrogens is 2. The first-order valence-corrected chi connectivity index (χ1v) is 5.58. The summed E-state index contributed by atoms with van der Waals surface area (Å²) in [6.07, 6.45) is 0.739. The Morgan fingerprint density at radius 2 is 2.06 bits per heavy atom. The van der Waals surface area contributed by atoms with Crippen LogP contribution in [0.2, 0.25) is 0 Å². The van der Waals surface area contributed by atoms with E-state index in [0.29, 0.717) is 30.5 Å². The maximum Gasteiger partial charge on any atom is 0.226 e. The zero-order valence-corrected chi connectivity index (χ0v) is 10.3. The van der Waals surface area contributed by atoms with E-state index in [2.05, 4.69) is 10.1 Å². The number of methoxy groups -OCH3 is 1. The molecule has 0 saturated heterocycles. The van der Waals surface area contributed by atoms with E-state index in [0.717, 1.165) is 0 Å². The van der Waals surface area contributed by atoms with Crippen LogP contribution >= 0.6 is 0 Å². The number of ether oxygens (including phenoxy) is 1. The Bertz CT molecular complexity index is 310. The second kappa shape index (κ2) is 5.96. The van der Waals surface area contributed by atoms with E-state index in [4.69, 9.17) is 14.4 Å². The van der Waals surface area contributed by atoms with Gasteiger partial charge in [-0.15, -0.1) is 0 Å². The summed E-state index contributed by atoms with van der Waals surface area (Å²) in [5.74, 6) is 1.43. The highest BCUT2D eigenvalue weighted by molar-refractivity contribution is 4.93. The van der Waals surface area contributed by atoms with E-state index in [1.54, 1.807) is 14.0 Å².